The van der Waals surface area contributed by atoms with Crippen LogP contribution in [-0.4, -0.2) is 50.3 Å². The first-order chi connectivity index (χ1) is 13.2. The van der Waals surface area contributed by atoms with Crippen molar-refractivity contribution in [3.8, 4) is 22.1 Å². The summed E-state index contributed by atoms with van der Waals surface area (Å²) >= 11 is 1.32. The van der Waals surface area contributed by atoms with Gasteiger partial charge in [0.2, 0.25) is 11.8 Å². The Labute approximate surface area is 162 Å². The molecule has 0 radical (unpaired) electrons. The number of hydrogen-bond acceptors (Lipinski definition) is 6. The van der Waals surface area contributed by atoms with E-state index in [1.807, 2.05) is 0 Å². The van der Waals surface area contributed by atoms with Gasteiger partial charge in [0.25, 0.3) is 0 Å². The van der Waals surface area contributed by atoms with Crippen LogP contribution in [0.1, 0.15) is 5.69 Å². The van der Waals surface area contributed by atoms with E-state index >= 15 is 0 Å². The Kier molecular flexibility index (Phi) is 7.21. The lowest BCUT2D eigenvalue weighted by atomic mass is 10.2. The molecule has 0 bridgehead atoms. The fourth-order valence-corrected chi connectivity index (χ4v) is 2.97. The van der Waals surface area contributed by atoms with E-state index in [1.54, 1.807) is 28.9 Å². The SMILES string of the molecule is COc1ccc(-c2nc(CC(=O)NCC(=O)NCC(F)(F)F)cs2)cc1OC. The molecule has 11 heteroatoms. The smallest absolute Gasteiger partial charge is 0.405 e. The number of nitrogens with one attached hydrogen (secondary N) is 2. The van der Waals surface area contributed by atoms with Crippen molar-refractivity contribution in [2.45, 2.75) is 12.6 Å². The molecule has 7 nitrogen and oxygen atoms in total. The quantitative estimate of drug-likeness (QED) is 0.687. The predicted octanol–water partition coefficient (Wildman–Crippen LogP) is 2.16. The lowest BCUT2D eigenvalue weighted by molar-refractivity contribution is -0.138. The van der Waals surface area contributed by atoms with E-state index in [2.05, 4.69) is 10.3 Å². The molecule has 0 unspecified atom stereocenters. The first kappa shape index (κ1) is 21.5. The molecule has 0 saturated heterocycles. The number of halogens is 3. The highest BCUT2D eigenvalue weighted by Gasteiger charge is 2.27. The van der Waals surface area contributed by atoms with Gasteiger partial charge < -0.3 is 20.1 Å². The average Bonchev–Trinajstić information content (AvgIpc) is 3.11. The maximum Gasteiger partial charge on any atom is 0.405 e. The summed E-state index contributed by atoms with van der Waals surface area (Å²) in [5.74, 6) is -0.327. The second-order valence-corrected chi connectivity index (χ2v) is 6.42. The van der Waals surface area contributed by atoms with Crippen molar-refractivity contribution in [2.24, 2.45) is 0 Å². The molecule has 1 aromatic heterocycles. The minimum atomic E-state index is -4.50. The molecule has 1 aromatic carbocycles. The van der Waals surface area contributed by atoms with Gasteiger partial charge >= 0.3 is 6.18 Å². The van der Waals surface area contributed by atoms with Gasteiger partial charge in [-0.2, -0.15) is 13.2 Å². The first-order valence-corrected chi connectivity index (χ1v) is 8.86. The minimum absolute atomic E-state index is 0.101. The summed E-state index contributed by atoms with van der Waals surface area (Å²) in [5, 5.41) is 6.28. The number of thiazole rings is 1. The molecule has 28 heavy (non-hydrogen) atoms. The zero-order valence-corrected chi connectivity index (χ0v) is 15.9. The predicted molar refractivity (Wildman–Crippen MR) is 96.4 cm³/mol. The Morgan fingerprint density at radius 3 is 2.46 bits per heavy atom. The van der Waals surface area contributed by atoms with Crippen molar-refractivity contribution in [3.63, 3.8) is 0 Å². The highest BCUT2D eigenvalue weighted by atomic mass is 32.1. The molecule has 152 valence electrons. The molecule has 0 spiro atoms. The molecule has 2 rings (SSSR count). The molecule has 0 fully saturated rings. The van der Waals surface area contributed by atoms with Crippen molar-refractivity contribution in [1.29, 1.82) is 0 Å². The minimum Gasteiger partial charge on any atom is -0.493 e. The van der Waals surface area contributed by atoms with Crippen LogP contribution in [0.2, 0.25) is 0 Å². The highest BCUT2D eigenvalue weighted by molar-refractivity contribution is 7.13. The summed E-state index contributed by atoms with van der Waals surface area (Å²) in [6.45, 7) is -1.98. The third kappa shape index (κ3) is 6.41. The second kappa shape index (κ2) is 9.40. The number of nitrogens with zero attached hydrogens (tertiary/aromatic N) is 1. The van der Waals surface area contributed by atoms with E-state index in [0.717, 1.165) is 5.56 Å². The number of carbonyl (C=O) groups excluding carboxylic acids is 2. The van der Waals surface area contributed by atoms with E-state index in [1.165, 1.54) is 25.6 Å². The van der Waals surface area contributed by atoms with Gasteiger partial charge in [0, 0.05) is 10.9 Å². The first-order valence-electron chi connectivity index (χ1n) is 7.99. The molecule has 0 aliphatic carbocycles. The Morgan fingerprint density at radius 2 is 1.82 bits per heavy atom. The van der Waals surface area contributed by atoms with Crippen molar-refractivity contribution in [2.75, 3.05) is 27.3 Å². The van der Waals surface area contributed by atoms with Gasteiger partial charge in [-0.25, -0.2) is 4.98 Å². The number of methoxy groups -OCH3 is 2. The normalized spacial score (nSPS) is 11.0. The Morgan fingerprint density at radius 1 is 1.11 bits per heavy atom. The number of benzene rings is 1. The zero-order valence-electron chi connectivity index (χ0n) is 15.1. The average molecular weight is 417 g/mol. The van der Waals surface area contributed by atoms with Gasteiger partial charge in [0.15, 0.2) is 11.5 Å². The maximum atomic E-state index is 12.0. The van der Waals surface area contributed by atoms with Crippen LogP contribution in [0.25, 0.3) is 10.6 Å². The van der Waals surface area contributed by atoms with Crippen LogP contribution in [0.15, 0.2) is 23.6 Å². The van der Waals surface area contributed by atoms with Crippen molar-refractivity contribution in [1.82, 2.24) is 15.6 Å². The summed E-state index contributed by atoms with van der Waals surface area (Å²) in [7, 11) is 3.05. The van der Waals surface area contributed by atoms with Gasteiger partial charge in [-0.15, -0.1) is 11.3 Å². The molecule has 0 atom stereocenters. The third-order valence-corrected chi connectivity index (χ3v) is 4.40. The van der Waals surface area contributed by atoms with E-state index in [9.17, 15) is 22.8 Å². The van der Waals surface area contributed by atoms with Gasteiger partial charge in [-0.1, -0.05) is 0 Å². The van der Waals surface area contributed by atoms with Crippen LogP contribution < -0.4 is 20.1 Å². The molecular weight excluding hydrogens is 399 g/mol. The molecule has 2 amide bonds. The monoisotopic (exact) mass is 417 g/mol. The van der Waals surface area contributed by atoms with Crippen molar-refractivity contribution in [3.05, 3.63) is 29.3 Å². The van der Waals surface area contributed by atoms with Crippen LogP contribution in [0.4, 0.5) is 13.2 Å². The molecule has 1 heterocycles. The topological polar surface area (TPSA) is 89.5 Å². The molecule has 0 aliphatic heterocycles. The van der Waals surface area contributed by atoms with Gasteiger partial charge in [0.05, 0.1) is 32.9 Å². The number of alkyl halides is 3. The van der Waals surface area contributed by atoms with E-state index < -0.39 is 31.1 Å². The number of amides is 2. The second-order valence-electron chi connectivity index (χ2n) is 5.56. The third-order valence-electron chi connectivity index (χ3n) is 3.46. The fraction of sp³-hybridized carbons (Fsp3) is 0.353. The number of ether oxygens (including phenoxy) is 2. The lowest BCUT2D eigenvalue weighted by Gasteiger charge is -2.09. The van der Waals surface area contributed by atoms with Crippen molar-refractivity contribution >= 4 is 23.2 Å². The molecule has 0 aliphatic rings. The number of carbonyl (C=O) groups is 2. The fourth-order valence-electron chi connectivity index (χ4n) is 2.16. The largest absolute Gasteiger partial charge is 0.493 e. The number of aromatic nitrogens is 1. The van der Waals surface area contributed by atoms with E-state index in [0.29, 0.717) is 22.2 Å². The zero-order chi connectivity index (χ0) is 20.7. The van der Waals surface area contributed by atoms with Crippen LogP contribution in [0.3, 0.4) is 0 Å². The maximum absolute atomic E-state index is 12.0. The van der Waals surface area contributed by atoms with E-state index in [-0.39, 0.29) is 6.42 Å². The van der Waals surface area contributed by atoms with Crippen LogP contribution in [-0.2, 0) is 16.0 Å². The summed E-state index contributed by atoms with van der Waals surface area (Å²) in [5.41, 5.74) is 1.25. The van der Waals surface area contributed by atoms with Crippen LogP contribution >= 0.6 is 11.3 Å². The summed E-state index contributed by atoms with van der Waals surface area (Å²) < 4.78 is 46.5. The molecule has 0 saturated carbocycles. The summed E-state index contributed by atoms with van der Waals surface area (Å²) in [4.78, 5) is 27.5. The summed E-state index contributed by atoms with van der Waals surface area (Å²) in [6, 6.07) is 5.29. The molecular formula is C17H18F3N3O4S. The standard InChI is InChI=1S/C17H18F3N3O4S/c1-26-12-4-3-10(5-13(12)27-2)16-23-11(8-28-16)6-14(24)21-7-15(25)22-9-17(18,19)20/h3-5,8H,6-7,9H2,1-2H3,(H,21,24)(H,22,25). The Balaban J connectivity index is 1.90. The van der Waals surface area contributed by atoms with Gasteiger partial charge in [-0.3, -0.25) is 9.59 Å². The Bertz CT molecular complexity index is 839. The van der Waals surface area contributed by atoms with Gasteiger partial charge in [-0.05, 0) is 18.2 Å². The van der Waals surface area contributed by atoms with Crippen molar-refractivity contribution < 1.29 is 32.2 Å². The summed E-state index contributed by atoms with van der Waals surface area (Å²) in [6.07, 6.45) is -4.60. The van der Waals surface area contributed by atoms with Gasteiger partial charge in [0.1, 0.15) is 11.6 Å². The lowest BCUT2D eigenvalue weighted by Crippen LogP contribution is -2.41. The number of hydrogen-bond donors (Lipinski definition) is 2. The van der Waals surface area contributed by atoms with E-state index in [4.69, 9.17) is 9.47 Å². The molecule has 2 aromatic rings. The highest BCUT2D eigenvalue weighted by Crippen LogP contribution is 2.33. The van der Waals surface area contributed by atoms with Crippen LogP contribution in [0.5, 0.6) is 11.5 Å². The van der Waals surface area contributed by atoms with Crippen LogP contribution in [0, 0.1) is 0 Å². The Hall–Kier alpha value is -2.82. The molecule has 2 N–H and O–H groups in total. The number of rotatable bonds is 8.